The summed E-state index contributed by atoms with van der Waals surface area (Å²) in [5, 5.41) is 2.82. The summed E-state index contributed by atoms with van der Waals surface area (Å²) in [6.45, 7) is 1.73. The smallest absolute Gasteiger partial charge is 0.232 e. The lowest BCUT2D eigenvalue weighted by Gasteiger charge is -2.24. The van der Waals surface area contributed by atoms with Gasteiger partial charge in [0.05, 0.1) is 18.5 Å². The lowest BCUT2D eigenvalue weighted by atomic mass is 9.99. The van der Waals surface area contributed by atoms with E-state index >= 15 is 0 Å². The molecular weight excluding hydrogens is 304 g/mol. The minimum absolute atomic E-state index is 0.0233. The van der Waals surface area contributed by atoms with Gasteiger partial charge < -0.3 is 10.1 Å². The molecule has 0 aromatic heterocycles. The largest absolute Gasteiger partial charge is 0.381 e. The molecule has 1 heterocycles. The van der Waals surface area contributed by atoms with Crippen LogP contribution in [0.1, 0.15) is 12.8 Å². The van der Waals surface area contributed by atoms with Gasteiger partial charge in [-0.1, -0.05) is 18.2 Å². The van der Waals surface area contributed by atoms with Crippen molar-refractivity contribution in [2.24, 2.45) is 5.92 Å². The van der Waals surface area contributed by atoms with Crippen LogP contribution in [0.5, 0.6) is 0 Å². The van der Waals surface area contributed by atoms with Crippen LogP contribution in [0.25, 0.3) is 0 Å². The predicted molar refractivity (Wildman–Crippen MR) is 85.2 cm³/mol. The quantitative estimate of drug-likeness (QED) is 0.846. The summed E-state index contributed by atoms with van der Waals surface area (Å²) < 4.78 is 30.3. The average Bonchev–Trinajstić information content (AvgIpc) is 2.52. The van der Waals surface area contributed by atoms with E-state index in [2.05, 4.69) is 5.32 Å². The number of carbonyl (C=O) groups excluding carboxylic acids is 1. The SMILES string of the molecule is CS(=O)(=O)N(CCNC(=O)C1CCOCC1)c1ccccc1. The van der Waals surface area contributed by atoms with Crippen LogP contribution < -0.4 is 9.62 Å². The molecule has 1 aliphatic heterocycles. The van der Waals surface area contributed by atoms with Gasteiger partial charge in [-0.05, 0) is 25.0 Å². The zero-order valence-corrected chi connectivity index (χ0v) is 13.5. The zero-order valence-electron chi connectivity index (χ0n) is 12.7. The van der Waals surface area contributed by atoms with E-state index in [1.54, 1.807) is 24.3 Å². The van der Waals surface area contributed by atoms with Crippen LogP contribution in [0.4, 0.5) is 5.69 Å². The molecule has 1 amide bonds. The third kappa shape index (κ3) is 4.71. The van der Waals surface area contributed by atoms with E-state index in [9.17, 15) is 13.2 Å². The second-order valence-corrected chi connectivity index (χ2v) is 7.26. The third-order valence-corrected chi connectivity index (χ3v) is 4.84. The van der Waals surface area contributed by atoms with Crippen molar-refractivity contribution in [1.82, 2.24) is 5.32 Å². The van der Waals surface area contributed by atoms with Crippen LogP contribution in [-0.2, 0) is 19.6 Å². The minimum Gasteiger partial charge on any atom is -0.381 e. The number of amides is 1. The van der Waals surface area contributed by atoms with Crippen molar-refractivity contribution in [3.05, 3.63) is 30.3 Å². The highest BCUT2D eigenvalue weighted by molar-refractivity contribution is 7.92. The van der Waals surface area contributed by atoms with Gasteiger partial charge in [0.15, 0.2) is 0 Å². The van der Waals surface area contributed by atoms with Gasteiger partial charge in [-0.2, -0.15) is 0 Å². The van der Waals surface area contributed by atoms with Gasteiger partial charge in [0.1, 0.15) is 0 Å². The molecule has 0 atom stereocenters. The Bertz CT molecular complexity index is 583. The van der Waals surface area contributed by atoms with E-state index < -0.39 is 10.0 Å². The van der Waals surface area contributed by atoms with Crippen LogP contribution in [0, 0.1) is 5.92 Å². The number of benzene rings is 1. The molecule has 1 fully saturated rings. The van der Waals surface area contributed by atoms with Gasteiger partial charge in [-0.3, -0.25) is 9.10 Å². The maximum absolute atomic E-state index is 12.0. The Hall–Kier alpha value is -1.60. The normalized spacial score (nSPS) is 16.2. The number of nitrogens with zero attached hydrogens (tertiary/aromatic N) is 1. The summed E-state index contributed by atoms with van der Waals surface area (Å²) in [6.07, 6.45) is 2.61. The Morgan fingerprint density at radius 2 is 1.91 bits per heavy atom. The Labute approximate surface area is 131 Å². The number of para-hydroxylation sites is 1. The maximum Gasteiger partial charge on any atom is 0.232 e. The Morgan fingerprint density at radius 1 is 1.27 bits per heavy atom. The first-order chi connectivity index (χ1) is 10.5. The number of carbonyl (C=O) groups is 1. The van der Waals surface area contributed by atoms with Crippen molar-refractivity contribution < 1.29 is 17.9 Å². The summed E-state index contributed by atoms with van der Waals surface area (Å²) in [7, 11) is -3.38. The summed E-state index contributed by atoms with van der Waals surface area (Å²) >= 11 is 0. The van der Waals surface area contributed by atoms with Crippen LogP contribution in [0.3, 0.4) is 0 Å². The van der Waals surface area contributed by atoms with Crippen LogP contribution in [0.15, 0.2) is 30.3 Å². The van der Waals surface area contributed by atoms with Gasteiger partial charge >= 0.3 is 0 Å². The highest BCUT2D eigenvalue weighted by Gasteiger charge is 2.22. The van der Waals surface area contributed by atoms with Crippen molar-refractivity contribution >= 4 is 21.6 Å². The Balaban J connectivity index is 1.91. The van der Waals surface area contributed by atoms with E-state index in [1.807, 2.05) is 6.07 Å². The lowest BCUT2D eigenvalue weighted by molar-refractivity contribution is -0.127. The van der Waals surface area contributed by atoms with Crippen molar-refractivity contribution in [3.63, 3.8) is 0 Å². The first-order valence-electron chi connectivity index (χ1n) is 7.36. The summed E-state index contributed by atoms with van der Waals surface area (Å²) in [5.74, 6) is -0.0537. The number of nitrogens with one attached hydrogen (secondary N) is 1. The highest BCUT2D eigenvalue weighted by Crippen LogP contribution is 2.17. The van der Waals surface area contributed by atoms with Gasteiger partial charge in [0, 0.05) is 25.7 Å². The average molecular weight is 326 g/mol. The van der Waals surface area contributed by atoms with E-state index in [0.717, 1.165) is 12.8 Å². The fourth-order valence-electron chi connectivity index (χ4n) is 2.47. The second-order valence-electron chi connectivity index (χ2n) is 5.35. The summed E-state index contributed by atoms with van der Waals surface area (Å²) in [5.41, 5.74) is 0.602. The van der Waals surface area contributed by atoms with Crippen LogP contribution >= 0.6 is 0 Å². The number of anilines is 1. The topological polar surface area (TPSA) is 75.7 Å². The monoisotopic (exact) mass is 326 g/mol. The van der Waals surface area contributed by atoms with Crippen molar-refractivity contribution in [3.8, 4) is 0 Å². The maximum atomic E-state index is 12.0. The van der Waals surface area contributed by atoms with Crippen molar-refractivity contribution in [1.29, 1.82) is 0 Å². The lowest BCUT2D eigenvalue weighted by Crippen LogP contribution is -2.41. The molecule has 22 heavy (non-hydrogen) atoms. The Kier molecular flexibility index (Phi) is 5.79. The van der Waals surface area contributed by atoms with E-state index in [-0.39, 0.29) is 24.9 Å². The molecule has 2 rings (SSSR count). The molecule has 0 saturated carbocycles. The molecule has 1 N–H and O–H groups in total. The first-order valence-corrected chi connectivity index (χ1v) is 9.21. The molecule has 0 radical (unpaired) electrons. The number of ether oxygens (including phenoxy) is 1. The highest BCUT2D eigenvalue weighted by atomic mass is 32.2. The molecule has 7 heteroatoms. The molecule has 0 unspecified atom stereocenters. The molecule has 1 aliphatic rings. The molecule has 0 bridgehead atoms. The number of hydrogen-bond donors (Lipinski definition) is 1. The summed E-state index contributed by atoms with van der Waals surface area (Å²) in [6, 6.07) is 8.88. The number of rotatable bonds is 6. The fraction of sp³-hybridized carbons (Fsp3) is 0.533. The Morgan fingerprint density at radius 3 is 2.50 bits per heavy atom. The third-order valence-electron chi connectivity index (χ3n) is 3.65. The molecule has 6 nitrogen and oxygen atoms in total. The number of hydrogen-bond acceptors (Lipinski definition) is 4. The molecule has 0 aliphatic carbocycles. The van der Waals surface area contributed by atoms with Gasteiger partial charge in [0.25, 0.3) is 0 Å². The van der Waals surface area contributed by atoms with Gasteiger partial charge in [0.2, 0.25) is 15.9 Å². The molecule has 0 spiro atoms. The van der Waals surface area contributed by atoms with Crippen molar-refractivity contribution in [2.45, 2.75) is 12.8 Å². The van der Waals surface area contributed by atoms with E-state index in [4.69, 9.17) is 4.74 Å². The van der Waals surface area contributed by atoms with Gasteiger partial charge in [-0.15, -0.1) is 0 Å². The van der Waals surface area contributed by atoms with Crippen LogP contribution in [0.2, 0.25) is 0 Å². The van der Waals surface area contributed by atoms with E-state index in [1.165, 1.54) is 10.6 Å². The molecule has 1 saturated heterocycles. The number of sulfonamides is 1. The first kappa shape index (κ1) is 16.8. The minimum atomic E-state index is -3.38. The predicted octanol–water partition coefficient (Wildman–Crippen LogP) is 0.995. The second kappa shape index (κ2) is 7.60. The van der Waals surface area contributed by atoms with Crippen LogP contribution in [-0.4, -0.2) is 46.9 Å². The standard InChI is InChI=1S/C15H22N2O4S/c1-22(19,20)17(14-5-3-2-4-6-14)10-9-16-15(18)13-7-11-21-12-8-13/h2-6,13H,7-12H2,1H3,(H,16,18). The van der Waals surface area contributed by atoms with Gasteiger partial charge in [-0.25, -0.2) is 8.42 Å². The molecule has 1 aromatic carbocycles. The summed E-state index contributed by atoms with van der Waals surface area (Å²) in [4.78, 5) is 12.0. The zero-order chi connectivity index (χ0) is 16.0. The fourth-order valence-corrected chi connectivity index (χ4v) is 3.39. The van der Waals surface area contributed by atoms with Crippen molar-refractivity contribution in [2.75, 3.05) is 36.9 Å². The molecule has 1 aromatic rings. The van der Waals surface area contributed by atoms with E-state index in [0.29, 0.717) is 18.9 Å². The molecule has 122 valence electrons. The molecular formula is C15H22N2O4S.